The Balaban J connectivity index is 2.71. The molecule has 0 fully saturated rings. The fraction of sp³-hybridized carbons (Fsp3) is 0.500. The molecule has 0 unspecified atom stereocenters. The number of halogens is 1. The normalized spacial score (nSPS) is 12.1. The summed E-state index contributed by atoms with van der Waals surface area (Å²) in [6.45, 7) is 6.87. The number of benzene rings is 1. The van der Waals surface area contributed by atoms with Crippen molar-refractivity contribution in [1.29, 1.82) is 0 Å². The van der Waals surface area contributed by atoms with Crippen LogP contribution >= 0.6 is 21.6 Å². The fourth-order valence-corrected chi connectivity index (χ4v) is 3.34. The van der Waals surface area contributed by atoms with E-state index in [1.807, 2.05) is 24.3 Å². The van der Waals surface area contributed by atoms with Crippen LogP contribution in [-0.4, -0.2) is 16.9 Å². The molecular formula is C12H18FNS2. The van der Waals surface area contributed by atoms with E-state index < -0.39 is 0 Å². The summed E-state index contributed by atoms with van der Waals surface area (Å²) in [6.07, 6.45) is 0. The molecule has 1 rings (SSSR count). The molecule has 0 saturated heterocycles. The second-order valence-corrected chi connectivity index (χ2v) is 7.65. The highest BCUT2D eigenvalue weighted by molar-refractivity contribution is 8.77. The van der Waals surface area contributed by atoms with Crippen LogP contribution in [0.2, 0.25) is 0 Å². The molecule has 0 spiro atoms. The van der Waals surface area contributed by atoms with Gasteiger partial charge >= 0.3 is 0 Å². The van der Waals surface area contributed by atoms with Crippen LogP contribution in [0, 0.1) is 0 Å². The quantitative estimate of drug-likeness (QED) is 0.577. The van der Waals surface area contributed by atoms with Gasteiger partial charge in [0.05, 0.1) is 6.54 Å². The maximum absolute atomic E-state index is 12.9. The highest BCUT2D eigenvalue weighted by atomic mass is 33.1. The molecule has 1 nitrogen and oxygen atoms in total. The zero-order valence-corrected chi connectivity index (χ0v) is 11.8. The van der Waals surface area contributed by atoms with Crippen molar-refractivity contribution >= 4 is 21.6 Å². The molecule has 0 aromatic heterocycles. The Labute approximate surface area is 105 Å². The highest BCUT2D eigenvalue weighted by Crippen LogP contribution is 2.41. The molecule has 0 heterocycles. The third-order valence-corrected chi connectivity index (χ3v) is 5.19. The van der Waals surface area contributed by atoms with Crippen LogP contribution in [0.1, 0.15) is 26.3 Å². The predicted molar refractivity (Wildman–Crippen MR) is 72.2 cm³/mol. The first-order chi connectivity index (χ1) is 7.38. The van der Waals surface area contributed by atoms with E-state index in [0.717, 1.165) is 10.5 Å². The van der Waals surface area contributed by atoms with E-state index in [4.69, 9.17) is 0 Å². The Morgan fingerprint density at radius 3 is 2.44 bits per heavy atom. The van der Waals surface area contributed by atoms with Gasteiger partial charge in [0.15, 0.2) is 0 Å². The lowest BCUT2D eigenvalue weighted by atomic mass is 10.2. The number of hydrogen-bond donors (Lipinski definition) is 0. The summed E-state index contributed by atoms with van der Waals surface area (Å²) >= 11 is 0. The van der Waals surface area contributed by atoms with Gasteiger partial charge in [-0.1, -0.05) is 60.6 Å². The molecule has 0 aliphatic carbocycles. The first-order valence-electron chi connectivity index (χ1n) is 5.19. The van der Waals surface area contributed by atoms with Crippen LogP contribution in [0.15, 0.2) is 29.2 Å². The topological polar surface area (TPSA) is 3.24 Å². The molecule has 0 radical (unpaired) electrons. The first-order valence-corrected chi connectivity index (χ1v) is 7.34. The molecule has 16 heavy (non-hydrogen) atoms. The maximum Gasteiger partial charge on any atom is 0.0549 e. The summed E-state index contributed by atoms with van der Waals surface area (Å²) in [5, 5.41) is 0.709. The Hall–Kier alpha value is -0.190. The molecule has 0 bridgehead atoms. The van der Waals surface area contributed by atoms with Gasteiger partial charge in [-0.3, -0.25) is 0 Å². The van der Waals surface area contributed by atoms with Crippen molar-refractivity contribution < 1.29 is 4.48 Å². The van der Waals surface area contributed by atoms with Crippen LogP contribution < -0.4 is 0 Å². The van der Waals surface area contributed by atoms with Gasteiger partial charge < -0.3 is 0 Å². The van der Waals surface area contributed by atoms with Gasteiger partial charge in [-0.2, -0.15) is 0 Å². The Kier molecular flexibility index (Phi) is 5.15. The summed E-state index contributed by atoms with van der Waals surface area (Å²) in [4.78, 5) is 1.15. The van der Waals surface area contributed by atoms with Crippen LogP contribution in [0.5, 0.6) is 0 Å². The largest absolute Gasteiger partial charge is 0.145 e. The maximum atomic E-state index is 12.9. The minimum atomic E-state index is 0.208. The van der Waals surface area contributed by atoms with E-state index in [-0.39, 0.29) is 4.75 Å². The second-order valence-electron chi connectivity index (χ2n) is 4.65. The molecule has 90 valence electrons. The molecule has 1 aromatic carbocycles. The third-order valence-electron chi connectivity index (χ3n) is 1.74. The van der Waals surface area contributed by atoms with E-state index in [9.17, 15) is 4.48 Å². The fourth-order valence-electron chi connectivity index (χ4n) is 1.12. The lowest BCUT2D eigenvalue weighted by Gasteiger charge is -2.18. The van der Waals surface area contributed by atoms with E-state index in [0.29, 0.717) is 11.7 Å². The van der Waals surface area contributed by atoms with Gasteiger partial charge in [0.25, 0.3) is 0 Å². The van der Waals surface area contributed by atoms with Crippen LogP contribution in [-0.2, 0) is 6.54 Å². The zero-order chi connectivity index (χ0) is 12.2. The molecule has 0 atom stereocenters. The standard InChI is InChI=1S/C12H18FNS2/c1-12(2,3)16-15-11-8-6-5-7-10(11)9-14(4)13/h5-8H,9H2,1-4H3. The average Bonchev–Trinajstić information content (AvgIpc) is 2.14. The van der Waals surface area contributed by atoms with Gasteiger partial charge in [0, 0.05) is 16.7 Å². The average molecular weight is 259 g/mol. The molecule has 1 aromatic rings. The van der Waals surface area contributed by atoms with Crippen molar-refractivity contribution in [2.24, 2.45) is 0 Å². The Morgan fingerprint density at radius 1 is 1.25 bits per heavy atom. The molecule has 0 amide bonds. The van der Waals surface area contributed by atoms with Crippen molar-refractivity contribution in [2.45, 2.75) is 37.0 Å². The van der Waals surface area contributed by atoms with Gasteiger partial charge in [-0.05, 0) is 11.6 Å². The number of nitrogens with zero attached hydrogens (tertiary/aromatic N) is 1. The smallest absolute Gasteiger partial charge is 0.0549 e. The summed E-state index contributed by atoms with van der Waals surface area (Å²) in [6, 6.07) is 7.96. The van der Waals surface area contributed by atoms with Crippen molar-refractivity contribution in [3.8, 4) is 0 Å². The Bertz CT molecular complexity index is 334. The van der Waals surface area contributed by atoms with E-state index in [2.05, 4.69) is 20.8 Å². The lowest BCUT2D eigenvalue weighted by molar-refractivity contribution is 0.0497. The van der Waals surface area contributed by atoms with E-state index in [1.54, 1.807) is 21.6 Å². The number of rotatable bonds is 4. The van der Waals surface area contributed by atoms with Crippen LogP contribution in [0.4, 0.5) is 4.48 Å². The summed E-state index contributed by atoms with van der Waals surface area (Å²) in [7, 11) is 4.97. The predicted octanol–water partition coefficient (Wildman–Crippen LogP) is 4.54. The van der Waals surface area contributed by atoms with Gasteiger partial charge in [-0.15, -0.1) is 9.60 Å². The van der Waals surface area contributed by atoms with Crippen molar-refractivity contribution in [3.63, 3.8) is 0 Å². The summed E-state index contributed by atoms with van der Waals surface area (Å²) < 4.78 is 13.1. The van der Waals surface area contributed by atoms with Crippen molar-refractivity contribution in [3.05, 3.63) is 29.8 Å². The van der Waals surface area contributed by atoms with Gasteiger partial charge in [0.2, 0.25) is 0 Å². The van der Waals surface area contributed by atoms with Gasteiger partial charge in [0.1, 0.15) is 0 Å². The first kappa shape index (κ1) is 13.9. The summed E-state index contributed by atoms with van der Waals surface area (Å²) in [5.41, 5.74) is 1.04. The molecular weight excluding hydrogens is 241 g/mol. The second kappa shape index (κ2) is 5.94. The molecule has 0 saturated carbocycles. The van der Waals surface area contributed by atoms with Crippen LogP contribution in [0.3, 0.4) is 0 Å². The van der Waals surface area contributed by atoms with Crippen molar-refractivity contribution in [1.82, 2.24) is 5.12 Å². The van der Waals surface area contributed by atoms with E-state index >= 15 is 0 Å². The zero-order valence-electron chi connectivity index (χ0n) is 10.2. The SMILES string of the molecule is CN(F)Cc1ccccc1SSC(C)(C)C. The highest BCUT2D eigenvalue weighted by Gasteiger charge is 2.13. The molecule has 4 heteroatoms. The molecule has 0 aliphatic rings. The van der Waals surface area contributed by atoms with Crippen LogP contribution in [0.25, 0.3) is 0 Å². The lowest BCUT2D eigenvalue weighted by Crippen LogP contribution is -2.07. The molecule has 0 aliphatic heterocycles. The third kappa shape index (κ3) is 5.23. The van der Waals surface area contributed by atoms with Crippen molar-refractivity contribution in [2.75, 3.05) is 7.05 Å². The minimum absolute atomic E-state index is 0.208. The Morgan fingerprint density at radius 2 is 1.88 bits per heavy atom. The van der Waals surface area contributed by atoms with E-state index in [1.165, 1.54) is 7.05 Å². The monoisotopic (exact) mass is 259 g/mol. The molecule has 0 N–H and O–H groups in total. The minimum Gasteiger partial charge on any atom is -0.145 e. The number of hydrogen-bond acceptors (Lipinski definition) is 3. The summed E-state index contributed by atoms with van der Waals surface area (Å²) in [5.74, 6) is 0. The van der Waals surface area contributed by atoms with Gasteiger partial charge in [-0.25, -0.2) is 0 Å².